The number of sulfonamides is 1. The number of esters is 1. The van der Waals surface area contributed by atoms with E-state index in [-0.39, 0.29) is 36.0 Å². The Bertz CT molecular complexity index is 1410. The summed E-state index contributed by atoms with van der Waals surface area (Å²) in [6.07, 6.45) is 2.64. The summed E-state index contributed by atoms with van der Waals surface area (Å²) in [4.78, 5) is 36.0. The molecule has 1 spiro atoms. The molecule has 0 amide bonds. The number of hydrogen-bond donors (Lipinski definition) is 1. The van der Waals surface area contributed by atoms with E-state index in [1.807, 2.05) is 0 Å². The molecule has 2 saturated heterocycles. The largest absolute Gasteiger partial charge is 0.466 e. The zero-order valence-corrected chi connectivity index (χ0v) is 20.9. The fourth-order valence-corrected chi connectivity index (χ4v) is 6.44. The molecule has 0 aliphatic carbocycles. The van der Waals surface area contributed by atoms with Gasteiger partial charge in [-0.25, -0.2) is 22.6 Å². The Morgan fingerprint density at radius 3 is 2.77 bits per heavy atom. The zero-order valence-electron chi connectivity index (χ0n) is 18.5. The molecule has 10 nitrogen and oxygen atoms in total. The first-order valence-electron chi connectivity index (χ1n) is 10.3. The molecule has 3 atom stereocenters. The molecule has 2 unspecified atom stereocenters. The van der Waals surface area contributed by atoms with Crippen molar-refractivity contribution in [3.63, 3.8) is 0 Å². The van der Waals surface area contributed by atoms with Crippen LogP contribution in [0.3, 0.4) is 0 Å². The Kier molecular flexibility index (Phi) is 5.79. The Balaban J connectivity index is 1.59. The minimum absolute atomic E-state index is 0.0113. The van der Waals surface area contributed by atoms with Gasteiger partial charge in [0.2, 0.25) is 10.0 Å². The number of Topliss-reactive ketones (excluding diaryl/α,β-unsaturated/α-hetero) is 1. The maximum absolute atomic E-state index is 13.8. The molecule has 1 aromatic carbocycles. The number of carbonyl (C=O) groups is 2. The molecule has 0 saturated carbocycles. The van der Waals surface area contributed by atoms with Gasteiger partial charge in [0.1, 0.15) is 11.9 Å². The van der Waals surface area contributed by atoms with Crippen molar-refractivity contribution in [2.45, 2.75) is 11.7 Å². The maximum atomic E-state index is 13.8. The van der Waals surface area contributed by atoms with Crippen LogP contribution in [0.15, 0.2) is 46.0 Å². The van der Waals surface area contributed by atoms with Gasteiger partial charge in [-0.15, -0.1) is 11.3 Å². The van der Waals surface area contributed by atoms with E-state index in [1.54, 1.807) is 16.5 Å². The lowest BCUT2D eigenvalue weighted by atomic mass is 9.93. The van der Waals surface area contributed by atoms with Crippen molar-refractivity contribution in [2.75, 3.05) is 33.0 Å². The molecule has 14 heteroatoms. The summed E-state index contributed by atoms with van der Waals surface area (Å²) in [6, 6.07) is 2.83. The lowest BCUT2D eigenvalue weighted by Crippen LogP contribution is -2.64. The normalized spacial score (nSPS) is 26.3. The minimum Gasteiger partial charge on any atom is -0.466 e. The van der Waals surface area contributed by atoms with Crippen LogP contribution in [-0.2, 0) is 24.3 Å². The summed E-state index contributed by atoms with van der Waals surface area (Å²) in [5.74, 6) is -1.11. The first-order chi connectivity index (χ1) is 16.6. The number of methoxy groups -OCH3 is 1. The molecule has 1 N–H and O–H groups in total. The number of hydrogen-bond acceptors (Lipinski definition) is 10. The van der Waals surface area contributed by atoms with Crippen molar-refractivity contribution in [3.05, 3.63) is 62.5 Å². The second-order valence-corrected chi connectivity index (χ2v) is 11.5. The number of benzene rings is 1. The third-order valence-corrected chi connectivity index (χ3v) is 8.49. The van der Waals surface area contributed by atoms with E-state index < -0.39 is 33.5 Å². The van der Waals surface area contributed by atoms with Gasteiger partial charge in [-0.1, -0.05) is 17.7 Å². The zero-order chi connectivity index (χ0) is 25.1. The minimum atomic E-state index is -3.59. The predicted molar refractivity (Wildman–Crippen MR) is 126 cm³/mol. The number of ether oxygens (including phenoxy) is 1. The van der Waals surface area contributed by atoms with Crippen LogP contribution >= 0.6 is 22.9 Å². The molecule has 1 aromatic heterocycles. The Hall–Kier alpha value is -2.71. The first kappa shape index (κ1) is 24.0. The van der Waals surface area contributed by atoms with Gasteiger partial charge in [-0.3, -0.25) is 14.7 Å². The fraction of sp³-hybridized carbons (Fsp3) is 0.333. The number of aliphatic imine (C=N–C) groups is 1. The number of amidine groups is 1. The van der Waals surface area contributed by atoms with Crippen LogP contribution in [0.1, 0.15) is 16.6 Å². The topological polar surface area (TPSA) is 121 Å². The van der Waals surface area contributed by atoms with Gasteiger partial charge in [-0.05, 0) is 12.1 Å². The number of rotatable bonds is 6. The van der Waals surface area contributed by atoms with Gasteiger partial charge >= 0.3 is 5.97 Å². The summed E-state index contributed by atoms with van der Waals surface area (Å²) in [7, 11) is -2.37. The monoisotopic (exact) mass is 539 g/mol. The van der Waals surface area contributed by atoms with Gasteiger partial charge < -0.3 is 10.1 Å². The van der Waals surface area contributed by atoms with Crippen LogP contribution < -0.4 is 5.32 Å². The van der Waals surface area contributed by atoms with Crippen LogP contribution in [-0.4, -0.2) is 78.9 Å². The van der Waals surface area contributed by atoms with Crippen molar-refractivity contribution in [1.82, 2.24) is 19.5 Å². The molecular formula is C21H19ClFN5O5S2. The Labute approximate surface area is 209 Å². The number of likely N-dealkylation sites (tertiary alicyclic amines) is 1. The highest BCUT2D eigenvalue weighted by molar-refractivity contribution is 7.88. The second kappa shape index (κ2) is 8.45. The molecule has 3 aliphatic rings. The van der Waals surface area contributed by atoms with E-state index in [4.69, 9.17) is 16.3 Å². The highest BCUT2D eigenvalue weighted by atomic mass is 35.5. The van der Waals surface area contributed by atoms with Crippen LogP contribution in [0.2, 0.25) is 5.02 Å². The number of halogens is 2. The summed E-state index contributed by atoms with van der Waals surface area (Å²) in [5, 5.41) is 5.49. The number of thiazole rings is 1. The number of ketones is 1. The van der Waals surface area contributed by atoms with E-state index in [0.29, 0.717) is 22.1 Å². The Morgan fingerprint density at radius 1 is 1.43 bits per heavy atom. The average molecular weight is 540 g/mol. The quantitative estimate of drug-likeness (QED) is 0.431. The molecule has 2 aromatic rings. The van der Waals surface area contributed by atoms with Crippen molar-refractivity contribution >= 4 is 50.5 Å². The summed E-state index contributed by atoms with van der Waals surface area (Å²) in [5.41, 5.74) is -0.403. The molecule has 5 rings (SSSR count). The molecule has 184 valence electrons. The van der Waals surface area contributed by atoms with Gasteiger partial charge in [0.05, 0.1) is 32.0 Å². The van der Waals surface area contributed by atoms with Crippen LogP contribution in [0.25, 0.3) is 0 Å². The van der Waals surface area contributed by atoms with Crippen molar-refractivity contribution < 1.29 is 27.1 Å². The van der Waals surface area contributed by atoms with Gasteiger partial charge in [0, 0.05) is 34.4 Å². The van der Waals surface area contributed by atoms with Crippen LogP contribution in [0.5, 0.6) is 0 Å². The van der Waals surface area contributed by atoms with Crippen LogP contribution in [0, 0.1) is 5.82 Å². The van der Waals surface area contributed by atoms with Gasteiger partial charge in [-0.2, -0.15) is 4.31 Å². The summed E-state index contributed by atoms with van der Waals surface area (Å²) < 4.78 is 44.1. The third kappa shape index (κ3) is 3.96. The highest BCUT2D eigenvalue weighted by Crippen LogP contribution is 2.46. The molecule has 35 heavy (non-hydrogen) atoms. The van der Waals surface area contributed by atoms with E-state index in [9.17, 15) is 22.4 Å². The Morgan fingerprint density at radius 2 is 2.20 bits per heavy atom. The summed E-state index contributed by atoms with van der Waals surface area (Å²) in [6.45, 7) is 0.0887. The van der Waals surface area contributed by atoms with E-state index >= 15 is 0 Å². The maximum Gasteiger partial charge on any atom is 0.338 e. The van der Waals surface area contributed by atoms with E-state index in [2.05, 4.69) is 15.3 Å². The number of nitrogens with zero attached hydrogens (tertiary/aromatic N) is 4. The lowest BCUT2D eigenvalue weighted by Gasteiger charge is -2.41. The summed E-state index contributed by atoms with van der Waals surface area (Å²) >= 11 is 7.65. The predicted octanol–water partition coefficient (Wildman–Crippen LogP) is 1.31. The number of carbonyl (C=O) groups excluding carboxylic acids is 2. The standard InChI is InChI=1S/C21H19ClFN5O5S2/c1-33-20(30)16-14(8-27-9-15(29)21(27)10-28(21)35(2,31)32)25-18(19-24-5-6-34-19)26-17(16)12-4-3-11(23)7-13(12)22/h3-7,17H,8-10H2,1-2H3,(H,25,26)/t17-,21?,28?/m0/s1. The third-order valence-electron chi connectivity index (χ3n) is 6.15. The molecule has 0 radical (unpaired) electrons. The molecule has 0 bridgehead atoms. The molecule has 2 fully saturated rings. The lowest BCUT2D eigenvalue weighted by molar-refractivity contribution is -0.140. The molecular weight excluding hydrogens is 521 g/mol. The molecule has 3 aliphatic heterocycles. The van der Waals surface area contributed by atoms with E-state index in [1.165, 1.54) is 30.6 Å². The average Bonchev–Trinajstić information content (AvgIpc) is 3.42. The van der Waals surface area contributed by atoms with Gasteiger partial charge in [0.15, 0.2) is 22.3 Å². The van der Waals surface area contributed by atoms with E-state index in [0.717, 1.165) is 16.6 Å². The van der Waals surface area contributed by atoms with Crippen molar-refractivity contribution in [1.29, 1.82) is 0 Å². The SMILES string of the molecule is COC(=O)C1=C(CN2CC(=O)C23CN3S(C)(=O)=O)NC(c2nccs2)=N[C@H]1c1ccc(F)cc1Cl. The van der Waals surface area contributed by atoms with Crippen LogP contribution in [0.4, 0.5) is 4.39 Å². The molecule has 4 heterocycles. The van der Waals surface area contributed by atoms with Gasteiger partial charge in [0.25, 0.3) is 0 Å². The number of nitrogens with one attached hydrogen (secondary N) is 1. The second-order valence-electron chi connectivity index (χ2n) is 8.26. The first-order valence-corrected chi connectivity index (χ1v) is 13.4. The van der Waals surface area contributed by atoms with Crippen molar-refractivity contribution in [2.24, 2.45) is 4.99 Å². The highest BCUT2D eigenvalue weighted by Gasteiger charge is 2.72. The van der Waals surface area contributed by atoms with Crippen molar-refractivity contribution in [3.8, 4) is 0 Å². The smallest absolute Gasteiger partial charge is 0.338 e. The fourth-order valence-electron chi connectivity index (χ4n) is 4.40. The number of aromatic nitrogens is 1.